The van der Waals surface area contributed by atoms with Gasteiger partial charge in [0.1, 0.15) is 17.7 Å². The van der Waals surface area contributed by atoms with Crippen molar-refractivity contribution in [3.05, 3.63) is 92.8 Å². The topological polar surface area (TPSA) is 90.1 Å². The molecule has 1 atom stereocenters. The SMILES string of the molecule is Cn1ccnc1C(NC(=O)c1ccc([N+](=O)[O-])cc1Cl)c1ccccc1F. The number of nitrogens with zero attached hydrogens (tertiary/aromatic N) is 3. The Morgan fingerprint density at radius 1 is 1.33 bits per heavy atom. The van der Waals surface area contributed by atoms with E-state index in [-0.39, 0.29) is 21.8 Å². The number of nitro groups is 1. The highest BCUT2D eigenvalue weighted by atomic mass is 35.5. The van der Waals surface area contributed by atoms with Crippen molar-refractivity contribution in [3.63, 3.8) is 0 Å². The summed E-state index contributed by atoms with van der Waals surface area (Å²) < 4.78 is 16.0. The number of imidazole rings is 1. The highest BCUT2D eigenvalue weighted by molar-refractivity contribution is 6.34. The minimum Gasteiger partial charge on any atom is -0.338 e. The summed E-state index contributed by atoms with van der Waals surface area (Å²) in [7, 11) is 1.72. The molecule has 1 unspecified atom stereocenters. The Bertz CT molecular complexity index is 1020. The molecule has 1 heterocycles. The minimum absolute atomic E-state index is 0.0396. The van der Waals surface area contributed by atoms with Gasteiger partial charge in [0, 0.05) is 37.1 Å². The Morgan fingerprint density at radius 3 is 2.67 bits per heavy atom. The van der Waals surface area contributed by atoms with E-state index < -0.39 is 22.7 Å². The van der Waals surface area contributed by atoms with Crippen LogP contribution in [0.5, 0.6) is 0 Å². The lowest BCUT2D eigenvalue weighted by Gasteiger charge is -2.20. The molecule has 0 bridgehead atoms. The van der Waals surface area contributed by atoms with Crippen LogP contribution in [-0.2, 0) is 7.05 Å². The third-order valence-electron chi connectivity index (χ3n) is 4.02. The number of carbonyl (C=O) groups excluding carboxylic acids is 1. The summed E-state index contributed by atoms with van der Waals surface area (Å²) >= 11 is 6.03. The Hall–Kier alpha value is -3.26. The molecule has 7 nitrogen and oxygen atoms in total. The monoisotopic (exact) mass is 388 g/mol. The third kappa shape index (κ3) is 3.80. The maximum atomic E-state index is 14.3. The lowest BCUT2D eigenvalue weighted by molar-refractivity contribution is -0.384. The van der Waals surface area contributed by atoms with Crippen LogP contribution >= 0.6 is 11.6 Å². The van der Waals surface area contributed by atoms with Crippen molar-refractivity contribution in [2.24, 2.45) is 7.05 Å². The van der Waals surface area contributed by atoms with Crippen molar-refractivity contribution < 1.29 is 14.1 Å². The van der Waals surface area contributed by atoms with Crippen molar-refractivity contribution in [2.45, 2.75) is 6.04 Å². The first-order valence-electron chi connectivity index (χ1n) is 7.85. The van der Waals surface area contributed by atoms with Crippen molar-refractivity contribution >= 4 is 23.2 Å². The number of aryl methyl sites for hydroxylation is 1. The van der Waals surface area contributed by atoms with E-state index in [1.165, 1.54) is 24.4 Å². The summed E-state index contributed by atoms with van der Waals surface area (Å²) in [6.07, 6.45) is 3.21. The Balaban J connectivity index is 1.98. The van der Waals surface area contributed by atoms with Gasteiger partial charge in [0.15, 0.2) is 0 Å². The van der Waals surface area contributed by atoms with Crippen LogP contribution in [-0.4, -0.2) is 20.4 Å². The predicted molar refractivity (Wildman–Crippen MR) is 97.0 cm³/mol. The standard InChI is InChI=1S/C18H14ClFN4O3/c1-23-9-8-21-17(23)16(13-4-2-3-5-15(13)20)22-18(25)12-7-6-11(24(26)27)10-14(12)19/h2-10,16H,1H3,(H,22,25). The molecule has 27 heavy (non-hydrogen) atoms. The van der Waals surface area contributed by atoms with Crippen LogP contribution in [0.1, 0.15) is 27.8 Å². The normalized spacial score (nSPS) is 11.8. The second-order valence-corrected chi connectivity index (χ2v) is 6.15. The summed E-state index contributed by atoms with van der Waals surface area (Å²) in [6.45, 7) is 0. The summed E-state index contributed by atoms with van der Waals surface area (Å²) in [5, 5.41) is 13.5. The van der Waals surface area contributed by atoms with Gasteiger partial charge in [-0.05, 0) is 12.1 Å². The predicted octanol–water partition coefficient (Wildman–Crippen LogP) is 3.64. The van der Waals surface area contributed by atoms with Gasteiger partial charge in [-0.2, -0.15) is 0 Å². The van der Waals surface area contributed by atoms with Crippen LogP contribution in [0.15, 0.2) is 54.9 Å². The van der Waals surface area contributed by atoms with Crippen LogP contribution in [0.3, 0.4) is 0 Å². The minimum atomic E-state index is -0.870. The fraction of sp³-hybridized carbons (Fsp3) is 0.111. The lowest BCUT2D eigenvalue weighted by atomic mass is 10.0. The molecule has 0 aliphatic heterocycles. The highest BCUT2D eigenvalue weighted by Gasteiger charge is 2.25. The summed E-state index contributed by atoms with van der Waals surface area (Å²) in [5.41, 5.74) is 0.0438. The molecule has 1 N–H and O–H groups in total. The third-order valence-corrected chi connectivity index (χ3v) is 4.33. The molecular formula is C18H14ClFN4O3. The number of carbonyl (C=O) groups is 1. The number of non-ortho nitro benzene ring substituents is 1. The number of nitrogens with one attached hydrogen (secondary N) is 1. The maximum Gasteiger partial charge on any atom is 0.270 e. The zero-order valence-corrected chi connectivity index (χ0v) is 14.9. The van der Waals surface area contributed by atoms with Gasteiger partial charge in [0.25, 0.3) is 11.6 Å². The van der Waals surface area contributed by atoms with Crippen LogP contribution in [0.4, 0.5) is 10.1 Å². The zero-order chi connectivity index (χ0) is 19.6. The van der Waals surface area contributed by atoms with Gasteiger partial charge in [-0.25, -0.2) is 9.37 Å². The van der Waals surface area contributed by atoms with E-state index in [9.17, 15) is 19.3 Å². The zero-order valence-electron chi connectivity index (χ0n) is 14.1. The fourth-order valence-corrected chi connectivity index (χ4v) is 2.92. The second kappa shape index (κ2) is 7.55. The number of aromatic nitrogens is 2. The maximum absolute atomic E-state index is 14.3. The molecule has 0 fully saturated rings. The van der Waals surface area contributed by atoms with Gasteiger partial charge in [-0.15, -0.1) is 0 Å². The average molecular weight is 389 g/mol. The molecule has 1 aromatic heterocycles. The number of rotatable bonds is 5. The lowest BCUT2D eigenvalue weighted by Crippen LogP contribution is -2.31. The Labute approximate surface area is 158 Å². The van der Waals surface area contributed by atoms with E-state index >= 15 is 0 Å². The van der Waals surface area contributed by atoms with Gasteiger partial charge in [-0.3, -0.25) is 14.9 Å². The van der Waals surface area contributed by atoms with E-state index in [4.69, 9.17) is 11.6 Å². The van der Waals surface area contributed by atoms with E-state index in [1.807, 2.05) is 0 Å². The van der Waals surface area contributed by atoms with Gasteiger partial charge in [0.2, 0.25) is 0 Å². The van der Waals surface area contributed by atoms with Gasteiger partial charge in [0.05, 0.1) is 15.5 Å². The van der Waals surface area contributed by atoms with E-state index in [0.717, 1.165) is 6.07 Å². The fourth-order valence-electron chi connectivity index (χ4n) is 2.66. The number of amides is 1. The molecular weight excluding hydrogens is 375 g/mol. The van der Waals surface area contributed by atoms with Crippen LogP contribution in [0.25, 0.3) is 0 Å². The number of halogens is 2. The molecule has 9 heteroatoms. The molecule has 0 saturated carbocycles. The van der Waals surface area contributed by atoms with Gasteiger partial charge < -0.3 is 9.88 Å². The quantitative estimate of drug-likeness (QED) is 0.533. The van der Waals surface area contributed by atoms with E-state index in [1.54, 1.807) is 36.0 Å². The van der Waals surface area contributed by atoms with Crippen molar-refractivity contribution in [3.8, 4) is 0 Å². The van der Waals surface area contributed by atoms with Crippen molar-refractivity contribution in [1.82, 2.24) is 14.9 Å². The highest BCUT2D eigenvalue weighted by Crippen LogP contribution is 2.26. The molecule has 3 rings (SSSR count). The Kier molecular flexibility index (Phi) is 5.18. The van der Waals surface area contributed by atoms with Crippen LogP contribution in [0.2, 0.25) is 5.02 Å². The smallest absolute Gasteiger partial charge is 0.270 e. The molecule has 2 aromatic carbocycles. The molecule has 138 valence electrons. The van der Waals surface area contributed by atoms with E-state index in [2.05, 4.69) is 10.3 Å². The summed E-state index contributed by atoms with van der Waals surface area (Å²) in [6, 6.07) is 8.69. The first-order chi connectivity index (χ1) is 12.9. The number of benzene rings is 2. The largest absolute Gasteiger partial charge is 0.338 e. The number of hydrogen-bond acceptors (Lipinski definition) is 4. The van der Waals surface area contributed by atoms with Gasteiger partial charge >= 0.3 is 0 Å². The average Bonchev–Trinajstić information content (AvgIpc) is 3.05. The summed E-state index contributed by atoms with van der Waals surface area (Å²) in [4.78, 5) is 27.1. The first-order valence-corrected chi connectivity index (χ1v) is 8.22. The number of hydrogen-bond donors (Lipinski definition) is 1. The van der Waals surface area contributed by atoms with Crippen molar-refractivity contribution in [2.75, 3.05) is 0 Å². The molecule has 0 radical (unpaired) electrons. The van der Waals surface area contributed by atoms with E-state index in [0.29, 0.717) is 5.82 Å². The molecule has 0 saturated heterocycles. The second-order valence-electron chi connectivity index (χ2n) is 5.75. The van der Waals surface area contributed by atoms with Gasteiger partial charge in [-0.1, -0.05) is 29.8 Å². The molecule has 0 spiro atoms. The molecule has 0 aliphatic carbocycles. The summed E-state index contributed by atoms with van der Waals surface area (Å²) in [5.74, 6) is -0.682. The van der Waals surface area contributed by atoms with Crippen LogP contribution in [0, 0.1) is 15.9 Å². The first kappa shape index (κ1) is 18.5. The van der Waals surface area contributed by atoms with Crippen LogP contribution < -0.4 is 5.32 Å². The van der Waals surface area contributed by atoms with Crippen molar-refractivity contribution in [1.29, 1.82) is 0 Å². The molecule has 1 amide bonds. The molecule has 0 aliphatic rings. The number of nitro benzene ring substituents is 1. The Morgan fingerprint density at radius 2 is 2.07 bits per heavy atom. The molecule has 3 aromatic rings.